The quantitative estimate of drug-likeness (QED) is 0.261. The predicted molar refractivity (Wildman–Crippen MR) is 140 cm³/mol. The third kappa shape index (κ3) is 4.55. The number of non-ortho nitro benzene ring substituents is 1. The molecule has 0 fully saturated rings. The summed E-state index contributed by atoms with van der Waals surface area (Å²) >= 11 is 6.42. The standard InChI is InChI=1S/C28H21ClN4O4/c29-21-10-6-9-20(17-21)28(19-7-2-1-3-8-19)23-11-4-5-12-24(23)30-27(35)25(32-28)31-26(34)18-13-15-22(16-14-18)33(36)37/h1-17,25,32H,(H,30,35)(H,31,34). The molecule has 2 unspecified atom stereocenters. The predicted octanol–water partition coefficient (Wildman–Crippen LogP) is 4.84. The summed E-state index contributed by atoms with van der Waals surface area (Å²) < 4.78 is 0. The molecule has 0 saturated heterocycles. The van der Waals surface area contributed by atoms with Crippen LogP contribution in [0.4, 0.5) is 11.4 Å². The molecule has 0 aliphatic carbocycles. The van der Waals surface area contributed by atoms with E-state index in [9.17, 15) is 19.7 Å². The van der Waals surface area contributed by atoms with E-state index in [1.54, 1.807) is 12.1 Å². The maximum atomic E-state index is 13.4. The summed E-state index contributed by atoms with van der Waals surface area (Å²) in [5.41, 5.74) is 1.91. The van der Waals surface area contributed by atoms with Crippen LogP contribution in [0.3, 0.4) is 0 Å². The maximum absolute atomic E-state index is 13.4. The minimum atomic E-state index is -1.17. The molecule has 9 heteroatoms. The van der Waals surface area contributed by atoms with Gasteiger partial charge in [0, 0.05) is 34.0 Å². The first-order chi connectivity index (χ1) is 17.9. The molecular formula is C28H21ClN4O4. The largest absolute Gasteiger partial charge is 0.328 e. The van der Waals surface area contributed by atoms with Crippen molar-refractivity contribution in [3.8, 4) is 0 Å². The van der Waals surface area contributed by atoms with Gasteiger partial charge in [0.05, 0.1) is 10.5 Å². The fraction of sp³-hybridized carbons (Fsp3) is 0.0714. The first kappa shape index (κ1) is 24.2. The van der Waals surface area contributed by atoms with E-state index < -0.39 is 28.4 Å². The second-order valence-corrected chi connectivity index (χ2v) is 8.95. The van der Waals surface area contributed by atoms with Crippen molar-refractivity contribution in [2.75, 3.05) is 5.32 Å². The number of hydrogen-bond donors (Lipinski definition) is 3. The van der Waals surface area contributed by atoms with Gasteiger partial charge in [-0.2, -0.15) is 0 Å². The first-order valence-corrected chi connectivity index (χ1v) is 11.8. The Labute approximate surface area is 217 Å². The molecule has 184 valence electrons. The van der Waals surface area contributed by atoms with Gasteiger partial charge in [0.15, 0.2) is 6.17 Å². The molecular weight excluding hydrogens is 492 g/mol. The molecule has 0 aromatic heterocycles. The molecule has 2 atom stereocenters. The Morgan fingerprint density at radius 1 is 0.892 bits per heavy atom. The van der Waals surface area contributed by atoms with Crippen LogP contribution in [-0.4, -0.2) is 22.9 Å². The highest BCUT2D eigenvalue weighted by Crippen LogP contribution is 2.42. The Balaban J connectivity index is 1.63. The van der Waals surface area contributed by atoms with E-state index in [4.69, 9.17) is 11.6 Å². The molecule has 5 rings (SSSR count). The molecule has 0 radical (unpaired) electrons. The summed E-state index contributed by atoms with van der Waals surface area (Å²) in [6.45, 7) is 0. The summed E-state index contributed by atoms with van der Waals surface area (Å²) in [5.74, 6) is -1.04. The topological polar surface area (TPSA) is 113 Å². The molecule has 37 heavy (non-hydrogen) atoms. The van der Waals surface area contributed by atoms with E-state index in [0.29, 0.717) is 10.7 Å². The number of halogens is 1. The number of benzene rings is 4. The normalized spacial score (nSPS) is 18.7. The maximum Gasteiger partial charge on any atom is 0.269 e. The van der Waals surface area contributed by atoms with Crippen LogP contribution in [0.1, 0.15) is 27.0 Å². The van der Waals surface area contributed by atoms with Gasteiger partial charge in [0.1, 0.15) is 0 Å². The Kier molecular flexibility index (Phi) is 6.43. The molecule has 0 saturated carbocycles. The van der Waals surface area contributed by atoms with Crippen LogP contribution in [0.15, 0.2) is 103 Å². The summed E-state index contributed by atoms with van der Waals surface area (Å²) in [7, 11) is 0. The van der Waals surface area contributed by atoms with Crippen molar-refractivity contribution in [1.82, 2.24) is 10.6 Å². The highest BCUT2D eigenvalue weighted by molar-refractivity contribution is 6.30. The monoisotopic (exact) mass is 512 g/mol. The van der Waals surface area contributed by atoms with E-state index in [0.717, 1.165) is 16.7 Å². The molecule has 8 nitrogen and oxygen atoms in total. The SMILES string of the molecule is O=C(NC1NC(c2ccccc2)(c2cccc(Cl)c2)c2ccccc2NC1=O)c1ccc([N+](=O)[O-])cc1. The average molecular weight is 513 g/mol. The summed E-state index contributed by atoms with van der Waals surface area (Å²) in [4.78, 5) is 37.0. The van der Waals surface area contributed by atoms with Gasteiger partial charge in [-0.15, -0.1) is 0 Å². The number of nitro benzene ring substituents is 1. The second kappa shape index (κ2) is 9.85. The van der Waals surface area contributed by atoms with E-state index in [1.165, 1.54) is 24.3 Å². The van der Waals surface area contributed by atoms with E-state index in [-0.39, 0.29) is 11.3 Å². The first-order valence-electron chi connectivity index (χ1n) is 11.4. The summed E-state index contributed by atoms with van der Waals surface area (Å²) in [6, 6.07) is 29.5. The van der Waals surface area contributed by atoms with Gasteiger partial charge >= 0.3 is 0 Å². The number of amides is 2. The van der Waals surface area contributed by atoms with Crippen molar-refractivity contribution in [3.05, 3.63) is 141 Å². The highest BCUT2D eigenvalue weighted by Gasteiger charge is 2.44. The Morgan fingerprint density at radius 3 is 2.27 bits per heavy atom. The Hall–Kier alpha value is -4.53. The number of fused-ring (bicyclic) bond motifs is 1. The number of nitro groups is 1. The van der Waals surface area contributed by atoms with Crippen LogP contribution >= 0.6 is 11.6 Å². The minimum Gasteiger partial charge on any atom is -0.328 e. The third-order valence-electron chi connectivity index (χ3n) is 6.29. The summed E-state index contributed by atoms with van der Waals surface area (Å²) in [5, 5.41) is 20.6. The van der Waals surface area contributed by atoms with Crippen molar-refractivity contribution in [2.24, 2.45) is 0 Å². The zero-order valence-corrected chi connectivity index (χ0v) is 20.1. The number of carbonyl (C=O) groups is 2. The molecule has 2 amide bonds. The minimum absolute atomic E-state index is 0.138. The van der Waals surface area contributed by atoms with Gasteiger partial charge in [-0.25, -0.2) is 0 Å². The lowest BCUT2D eigenvalue weighted by Crippen LogP contribution is -2.59. The number of rotatable bonds is 5. The number of para-hydroxylation sites is 1. The zero-order chi connectivity index (χ0) is 26.0. The van der Waals surface area contributed by atoms with Crippen LogP contribution in [0.25, 0.3) is 0 Å². The fourth-order valence-corrected chi connectivity index (χ4v) is 4.78. The Bertz CT molecular complexity index is 1490. The zero-order valence-electron chi connectivity index (χ0n) is 19.4. The van der Waals surface area contributed by atoms with Gasteiger partial charge in [-0.1, -0.05) is 72.3 Å². The fourth-order valence-electron chi connectivity index (χ4n) is 4.59. The molecule has 3 N–H and O–H groups in total. The van der Waals surface area contributed by atoms with Gasteiger partial charge in [0.25, 0.3) is 17.5 Å². The van der Waals surface area contributed by atoms with Crippen molar-refractivity contribution >= 4 is 34.8 Å². The van der Waals surface area contributed by atoms with Crippen LogP contribution in [0, 0.1) is 10.1 Å². The van der Waals surface area contributed by atoms with Gasteiger partial charge in [0.2, 0.25) is 0 Å². The van der Waals surface area contributed by atoms with E-state index in [2.05, 4.69) is 16.0 Å². The smallest absolute Gasteiger partial charge is 0.269 e. The number of carbonyl (C=O) groups excluding carboxylic acids is 2. The van der Waals surface area contributed by atoms with Gasteiger partial charge in [-0.3, -0.25) is 25.0 Å². The number of nitrogens with zero attached hydrogens (tertiary/aromatic N) is 1. The Morgan fingerprint density at radius 2 is 1.57 bits per heavy atom. The molecule has 1 heterocycles. The molecule has 0 bridgehead atoms. The van der Waals surface area contributed by atoms with Crippen LogP contribution in [0.5, 0.6) is 0 Å². The number of hydrogen-bond acceptors (Lipinski definition) is 5. The third-order valence-corrected chi connectivity index (χ3v) is 6.53. The van der Waals surface area contributed by atoms with Crippen LogP contribution in [0.2, 0.25) is 5.02 Å². The van der Waals surface area contributed by atoms with Gasteiger partial charge < -0.3 is 10.6 Å². The van der Waals surface area contributed by atoms with Crippen LogP contribution in [-0.2, 0) is 10.3 Å². The second-order valence-electron chi connectivity index (χ2n) is 8.52. The lowest BCUT2D eigenvalue weighted by atomic mass is 9.76. The van der Waals surface area contributed by atoms with Crippen molar-refractivity contribution in [1.29, 1.82) is 0 Å². The lowest BCUT2D eigenvalue weighted by molar-refractivity contribution is -0.384. The van der Waals surface area contributed by atoms with Crippen molar-refractivity contribution < 1.29 is 14.5 Å². The van der Waals surface area contributed by atoms with Gasteiger partial charge in [-0.05, 0) is 41.5 Å². The van der Waals surface area contributed by atoms with Crippen LogP contribution < -0.4 is 16.0 Å². The number of anilines is 1. The molecule has 4 aromatic carbocycles. The highest BCUT2D eigenvalue weighted by atomic mass is 35.5. The molecule has 1 aliphatic heterocycles. The van der Waals surface area contributed by atoms with E-state index in [1.807, 2.05) is 66.7 Å². The summed E-state index contributed by atoms with van der Waals surface area (Å²) in [6.07, 6.45) is -1.17. The average Bonchev–Trinajstić information content (AvgIpc) is 3.04. The number of nitrogens with one attached hydrogen (secondary N) is 3. The lowest BCUT2D eigenvalue weighted by Gasteiger charge is -2.38. The van der Waals surface area contributed by atoms with E-state index >= 15 is 0 Å². The molecule has 0 spiro atoms. The van der Waals surface area contributed by atoms with Crippen molar-refractivity contribution in [3.63, 3.8) is 0 Å². The molecule has 4 aromatic rings. The molecule has 1 aliphatic rings. The van der Waals surface area contributed by atoms with Crippen molar-refractivity contribution in [2.45, 2.75) is 11.7 Å².